The number of ketones is 1. The van der Waals surface area contributed by atoms with Crippen LogP contribution in [0.15, 0.2) is 83.5 Å². The summed E-state index contributed by atoms with van der Waals surface area (Å²) in [6, 6.07) is 19.0. The normalized spacial score (nSPS) is 14.6. The van der Waals surface area contributed by atoms with Crippen molar-refractivity contribution in [2.75, 3.05) is 0 Å². The molecule has 7 heteroatoms. The SMILES string of the molecule is O=C1/C(=C/c2ccc(Cl)cc2)Oc2cc(OS(=O)(=O)c3ccccc3)ccc21. The topological polar surface area (TPSA) is 69.7 Å². The van der Waals surface area contributed by atoms with E-state index in [-0.39, 0.29) is 27.9 Å². The van der Waals surface area contributed by atoms with E-state index in [0.29, 0.717) is 10.6 Å². The van der Waals surface area contributed by atoms with E-state index in [1.807, 2.05) is 0 Å². The summed E-state index contributed by atoms with van der Waals surface area (Å²) in [5, 5.41) is 0.588. The zero-order chi connectivity index (χ0) is 19.7. The largest absolute Gasteiger partial charge is 0.452 e. The highest BCUT2D eigenvalue weighted by molar-refractivity contribution is 7.87. The summed E-state index contributed by atoms with van der Waals surface area (Å²) in [7, 11) is -3.98. The molecule has 0 amide bonds. The minimum Gasteiger partial charge on any atom is -0.452 e. The molecular formula is C21H13ClO5S. The third-order valence-corrected chi connectivity index (χ3v) is 5.56. The molecule has 4 rings (SSSR count). The van der Waals surface area contributed by atoms with Crippen molar-refractivity contribution in [1.82, 2.24) is 0 Å². The predicted molar refractivity (Wildman–Crippen MR) is 105 cm³/mol. The summed E-state index contributed by atoms with van der Waals surface area (Å²) in [4.78, 5) is 12.5. The van der Waals surface area contributed by atoms with E-state index in [0.717, 1.165) is 5.56 Å². The van der Waals surface area contributed by atoms with Crippen molar-refractivity contribution in [1.29, 1.82) is 0 Å². The van der Waals surface area contributed by atoms with Crippen LogP contribution in [0.5, 0.6) is 11.5 Å². The lowest BCUT2D eigenvalue weighted by Gasteiger charge is -2.07. The minimum absolute atomic E-state index is 0.0378. The van der Waals surface area contributed by atoms with Crippen LogP contribution in [0.2, 0.25) is 5.02 Å². The summed E-state index contributed by atoms with van der Waals surface area (Å²) in [6.07, 6.45) is 1.60. The van der Waals surface area contributed by atoms with Crippen LogP contribution in [0.25, 0.3) is 6.08 Å². The first-order chi connectivity index (χ1) is 13.4. The second-order valence-electron chi connectivity index (χ2n) is 6.00. The predicted octanol–water partition coefficient (Wildman–Crippen LogP) is 4.72. The van der Waals surface area contributed by atoms with Crippen LogP contribution in [-0.4, -0.2) is 14.2 Å². The van der Waals surface area contributed by atoms with Gasteiger partial charge >= 0.3 is 10.1 Å². The van der Waals surface area contributed by atoms with Gasteiger partial charge < -0.3 is 8.92 Å². The summed E-state index contributed by atoms with van der Waals surface area (Å²) in [5.41, 5.74) is 1.09. The maximum Gasteiger partial charge on any atom is 0.339 e. The Balaban J connectivity index is 1.60. The van der Waals surface area contributed by atoms with Crippen molar-refractivity contribution in [3.05, 3.63) is 94.7 Å². The lowest BCUT2D eigenvalue weighted by molar-refractivity contribution is 0.101. The number of carbonyl (C=O) groups is 1. The average molecular weight is 413 g/mol. The van der Waals surface area contributed by atoms with Gasteiger partial charge in [-0.1, -0.05) is 41.9 Å². The van der Waals surface area contributed by atoms with Crippen LogP contribution in [0.1, 0.15) is 15.9 Å². The van der Waals surface area contributed by atoms with Crippen LogP contribution in [0.4, 0.5) is 0 Å². The fourth-order valence-corrected chi connectivity index (χ4v) is 3.76. The van der Waals surface area contributed by atoms with E-state index in [1.165, 1.54) is 30.3 Å². The molecule has 0 atom stereocenters. The zero-order valence-electron chi connectivity index (χ0n) is 14.3. The summed E-state index contributed by atoms with van der Waals surface area (Å²) >= 11 is 5.86. The van der Waals surface area contributed by atoms with Gasteiger partial charge in [0.05, 0.1) is 5.56 Å². The van der Waals surface area contributed by atoms with E-state index in [1.54, 1.807) is 48.5 Å². The van der Waals surface area contributed by atoms with Gasteiger partial charge in [-0.2, -0.15) is 8.42 Å². The number of hydrogen-bond donors (Lipinski definition) is 0. The molecule has 0 fully saturated rings. The smallest absolute Gasteiger partial charge is 0.339 e. The number of hydrogen-bond acceptors (Lipinski definition) is 5. The van der Waals surface area contributed by atoms with E-state index in [9.17, 15) is 13.2 Å². The monoisotopic (exact) mass is 412 g/mol. The quantitative estimate of drug-likeness (QED) is 0.458. The average Bonchev–Trinajstić information content (AvgIpc) is 2.99. The van der Waals surface area contributed by atoms with Gasteiger partial charge in [-0.15, -0.1) is 0 Å². The van der Waals surface area contributed by atoms with Gasteiger partial charge in [0, 0.05) is 11.1 Å². The van der Waals surface area contributed by atoms with Crippen LogP contribution in [-0.2, 0) is 10.1 Å². The number of Topliss-reactive ketones (excluding diaryl/α,β-unsaturated/α-hetero) is 1. The van der Waals surface area contributed by atoms with Crippen molar-refractivity contribution in [2.24, 2.45) is 0 Å². The Bertz CT molecular complexity index is 1180. The molecule has 0 bridgehead atoms. The van der Waals surface area contributed by atoms with Crippen molar-refractivity contribution in [3.63, 3.8) is 0 Å². The Kier molecular flexibility index (Phi) is 4.66. The number of carbonyl (C=O) groups excluding carboxylic acids is 1. The van der Waals surface area contributed by atoms with Crippen molar-refractivity contribution < 1.29 is 22.1 Å². The first-order valence-electron chi connectivity index (χ1n) is 8.26. The zero-order valence-corrected chi connectivity index (χ0v) is 15.9. The van der Waals surface area contributed by atoms with Gasteiger partial charge in [-0.3, -0.25) is 4.79 Å². The van der Waals surface area contributed by atoms with E-state index in [4.69, 9.17) is 20.5 Å². The molecule has 1 heterocycles. The van der Waals surface area contributed by atoms with Crippen LogP contribution in [0, 0.1) is 0 Å². The molecule has 5 nitrogen and oxygen atoms in total. The second-order valence-corrected chi connectivity index (χ2v) is 7.98. The number of fused-ring (bicyclic) bond motifs is 1. The summed E-state index contributed by atoms with van der Waals surface area (Å²) in [6.45, 7) is 0. The fourth-order valence-electron chi connectivity index (χ4n) is 2.69. The lowest BCUT2D eigenvalue weighted by atomic mass is 10.1. The second kappa shape index (κ2) is 7.14. The molecule has 0 saturated heterocycles. The van der Waals surface area contributed by atoms with Crippen molar-refractivity contribution in [3.8, 4) is 11.5 Å². The molecule has 0 aliphatic carbocycles. The molecule has 0 spiro atoms. The standard InChI is InChI=1S/C21H13ClO5S/c22-15-8-6-14(7-9-15)12-20-21(23)18-11-10-16(13-19(18)26-20)27-28(24,25)17-4-2-1-3-5-17/h1-13H/b20-12-. The summed E-state index contributed by atoms with van der Waals surface area (Å²) < 4.78 is 35.5. The molecule has 0 unspecified atom stereocenters. The molecule has 0 aromatic heterocycles. The molecule has 1 aliphatic heterocycles. The Labute approximate surface area is 166 Å². The highest BCUT2D eigenvalue weighted by Gasteiger charge is 2.28. The number of halogens is 1. The van der Waals surface area contributed by atoms with Gasteiger partial charge in [0.1, 0.15) is 16.4 Å². The highest BCUT2D eigenvalue weighted by atomic mass is 35.5. The Morgan fingerprint density at radius 3 is 2.36 bits per heavy atom. The van der Waals surface area contributed by atoms with Gasteiger partial charge in [-0.05, 0) is 48.0 Å². The molecule has 3 aromatic rings. The minimum atomic E-state index is -3.98. The molecule has 3 aromatic carbocycles. The third-order valence-electron chi connectivity index (χ3n) is 4.05. The molecule has 140 valence electrons. The van der Waals surface area contributed by atoms with Gasteiger partial charge in [0.15, 0.2) is 5.76 Å². The van der Waals surface area contributed by atoms with Crippen molar-refractivity contribution in [2.45, 2.75) is 4.90 Å². The molecule has 0 saturated carbocycles. The first-order valence-corrected chi connectivity index (χ1v) is 10.0. The highest BCUT2D eigenvalue weighted by Crippen LogP contribution is 2.35. The fraction of sp³-hybridized carbons (Fsp3) is 0. The lowest BCUT2D eigenvalue weighted by Crippen LogP contribution is -2.09. The van der Waals surface area contributed by atoms with Gasteiger partial charge in [0.2, 0.25) is 5.78 Å². The number of rotatable bonds is 4. The molecule has 0 radical (unpaired) electrons. The molecule has 0 N–H and O–H groups in total. The Morgan fingerprint density at radius 2 is 1.64 bits per heavy atom. The third kappa shape index (κ3) is 3.65. The Hall–Kier alpha value is -3.09. The molecular weight excluding hydrogens is 400 g/mol. The van der Waals surface area contributed by atoms with Crippen LogP contribution < -0.4 is 8.92 Å². The first kappa shape index (κ1) is 18.3. The van der Waals surface area contributed by atoms with E-state index in [2.05, 4.69) is 0 Å². The van der Waals surface area contributed by atoms with E-state index < -0.39 is 10.1 Å². The maximum absolute atomic E-state index is 12.5. The van der Waals surface area contributed by atoms with Gasteiger partial charge in [-0.25, -0.2) is 0 Å². The molecule has 1 aliphatic rings. The van der Waals surface area contributed by atoms with Crippen LogP contribution in [0.3, 0.4) is 0 Å². The Morgan fingerprint density at radius 1 is 0.929 bits per heavy atom. The number of ether oxygens (including phenoxy) is 1. The van der Waals surface area contributed by atoms with E-state index >= 15 is 0 Å². The van der Waals surface area contributed by atoms with Crippen molar-refractivity contribution >= 4 is 33.6 Å². The summed E-state index contributed by atoms with van der Waals surface area (Å²) in [5.74, 6) is 0.150. The number of allylic oxidation sites excluding steroid dienone is 1. The maximum atomic E-state index is 12.5. The van der Waals surface area contributed by atoms with Gasteiger partial charge in [0.25, 0.3) is 0 Å². The number of benzene rings is 3. The molecule has 28 heavy (non-hydrogen) atoms. The van der Waals surface area contributed by atoms with Crippen LogP contribution >= 0.6 is 11.6 Å².